The summed E-state index contributed by atoms with van der Waals surface area (Å²) in [7, 11) is -2.42. The second-order valence-corrected chi connectivity index (χ2v) is 4.55. The molecule has 0 spiro atoms. The Kier molecular flexibility index (Phi) is 3.00. The van der Waals surface area contributed by atoms with Gasteiger partial charge in [0.2, 0.25) is 7.23 Å². The minimum atomic E-state index is -2.42. The summed E-state index contributed by atoms with van der Waals surface area (Å²) in [6, 6.07) is 9.17. The van der Waals surface area contributed by atoms with Crippen LogP contribution in [0.3, 0.4) is 0 Å². The van der Waals surface area contributed by atoms with Gasteiger partial charge in [0, 0.05) is 4.90 Å². The van der Waals surface area contributed by atoms with Crippen LogP contribution >= 0.6 is 18.6 Å². The third-order valence-corrected chi connectivity index (χ3v) is 2.86. The molecule has 1 atom stereocenters. The van der Waals surface area contributed by atoms with Crippen LogP contribution in [0.15, 0.2) is 35.2 Å². The van der Waals surface area contributed by atoms with Crippen molar-refractivity contribution in [3.63, 3.8) is 0 Å². The summed E-state index contributed by atoms with van der Waals surface area (Å²) in [6.45, 7) is 0. The Hall–Kier alpha value is -0.240. The van der Waals surface area contributed by atoms with Crippen molar-refractivity contribution in [3.8, 4) is 0 Å². The van der Waals surface area contributed by atoms with Gasteiger partial charge in [0.05, 0.1) is 0 Å². The third-order valence-electron chi connectivity index (χ3n) is 0.948. The van der Waals surface area contributed by atoms with Gasteiger partial charge in [-0.2, -0.15) is 0 Å². The smallest absolute Gasteiger partial charge is 0.248 e. The first-order valence-electron chi connectivity index (χ1n) is 2.75. The standard InChI is InChI=1S/C6H7O2PS/c7-9(8)10-6-4-2-1-3-5-6/h1-5,9H,(H,7,8). The van der Waals surface area contributed by atoms with Crippen LogP contribution in [0.5, 0.6) is 0 Å². The fraction of sp³-hybridized carbons (Fsp3) is 0. The molecule has 0 aliphatic heterocycles. The Morgan fingerprint density at radius 1 is 1.30 bits per heavy atom. The van der Waals surface area contributed by atoms with E-state index in [1.54, 1.807) is 0 Å². The third kappa shape index (κ3) is 2.56. The molecule has 0 bridgehead atoms. The van der Waals surface area contributed by atoms with Crippen molar-refractivity contribution in [1.29, 1.82) is 0 Å². The van der Waals surface area contributed by atoms with E-state index in [4.69, 9.17) is 4.89 Å². The van der Waals surface area contributed by atoms with Crippen molar-refractivity contribution in [2.75, 3.05) is 0 Å². The molecule has 0 fully saturated rings. The van der Waals surface area contributed by atoms with E-state index >= 15 is 0 Å². The molecule has 0 heterocycles. The van der Waals surface area contributed by atoms with Crippen molar-refractivity contribution in [2.24, 2.45) is 0 Å². The largest absolute Gasteiger partial charge is 0.339 e. The molecule has 54 valence electrons. The van der Waals surface area contributed by atoms with Gasteiger partial charge in [-0.15, -0.1) is 0 Å². The van der Waals surface area contributed by atoms with Crippen molar-refractivity contribution >= 4 is 18.6 Å². The summed E-state index contributed by atoms with van der Waals surface area (Å²) in [5.74, 6) is 0. The summed E-state index contributed by atoms with van der Waals surface area (Å²) in [5, 5.41) is 0. The number of hydrogen-bond donors (Lipinski definition) is 1. The monoisotopic (exact) mass is 174 g/mol. The molecule has 0 aliphatic rings. The van der Waals surface area contributed by atoms with E-state index in [9.17, 15) is 4.57 Å². The molecular formula is C6H7O2PS. The van der Waals surface area contributed by atoms with E-state index in [0.29, 0.717) is 0 Å². The fourth-order valence-electron chi connectivity index (χ4n) is 0.589. The van der Waals surface area contributed by atoms with E-state index in [2.05, 4.69) is 0 Å². The molecule has 0 saturated heterocycles. The Bertz CT molecular complexity index is 224. The first-order valence-corrected chi connectivity index (χ1v) is 5.64. The molecular weight excluding hydrogens is 167 g/mol. The highest BCUT2D eigenvalue weighted by Gasteiger charge is 1.94. The van der Waals surface area contributed by atoms with Crippen LogP contribution in [0.4, 0.5) is 0 Å². The van der Waals surface area contributed by atoms with Gasteiger partial charge in [-0.1, -0.05) is 18.2 Å². The highest BCUT2D eigenvalue weighted by atomic mass is 32.7. The molecule has 4 heteroatoms. The molecule has 1 N–H and O–H groups in total. The molecule has 2 nitrogen and oxygen atoms in total. The van der Waals surface area contributed by atoms with Crippen LogP contribution in [0, 0.1) is 0 Å². The van der Waals surface area contributed by atoms with Gasteiger partial charge in [-0.25, -0.2) is 0 Å². The minimum absolute atomic E-state index is 0.842. The van der Waals surface area contributed by atoms with Crippen molar-refractivity contribution in [2.45, 2.75) is 4.90 Å². The first kappa shape index (κ1) is 7.86. The Morgan fingerprint density at radius 2 is 1.90 bits per heavy atom. The summed E-state index contributed by atoms with van der Waals surface area (Å²) < 4.78 is 10.3. The van der Waals surface area contributed by atoms with Crippen molar-refractivity contribution in [1.82, 2.24) is 0 Å². The van der Waals surface area contributed by atoms with Gasteiger partial charge in [0.1, 0.15) is 0 Å². The summed E-state index contributed by atoms with van der Waals surface area (Å²) in [6.07, 6.45) is 0. The second kappa shape index (κ2) is 3.81. The molecule has 1 aromatic rings. The Labute approximate surface area is 63.9 Å². The van der Waals surface area contributed by atoms with Crippen LogP contribution in [0.2, 0.25) is 0 Å². The number of rotatable bonds is 2. The van der Waals surface area contributed by atoms with Crippen LogP contribution < -0.4 is 0 Å². The molecule has 10 heavy (non-hydrogen) atoms. The maximum absolute atomic E-state index is 10.3. The molecule has 1 aromatic carbocycles. The minimum Gasteiger partial charge on any atom is -0.339 e. The topological polar surface area (TPSA) is 37.3 Å². The Morgan fingerprint density at radius 3 is 2.40 bits per heavy atom. The summed E-state index contributed by atoms with van der Waals surface area (Å²) in [4.78, 5) is 9.36. The van der Waals surface area contributed by atoms with Crippen molar-refractivity contribution < 1.29 is 9.46 Å². The quantitative estimate of drug-likeness (QED) is 0.698. The summed E-state index contributed by atoms with van der Waals surface area (Å²) >= 11 is 1.00. The zero-order valence-corrected chi connectivity index (χ0v) is 6.97. The van der Waals surface area contributed by atoms with Gasteiger partial charge in [-0.05, 0) is 23.5 Å². The maximum Gasteiger partial charge on any atom is 0.248 e. The first-order chi connectivity index (χ1) is 4.79. The number of hydrogen-bond acceptors (Lipinski definition) is 2. The summed E-state index contributed by atoms with van der Waals surface area (Å²) in [5.41, 5.74) is 0. The molecule has 0 radical (unpaired) electrons. The highest BCUT2D eigenvalue weighted by molar-refractivity contribution is 8.50. The van der Waals surface area contributed by atoms with Gasteiger partial charge >= 0.3 is 0 Å². The lowest BCUT2D eigenvalue weighted by Crippen LogP contribution is -1.62. The van der Waals surface area contributed by atoms with Gasteiger partial charge in [0.15, 0.2) is 0 Å². The molecule has 0 saturated carbocycles. The predicted molar refractivity (Wildman–Crippen MR) is 43.5 cm³/mol. The Balaban J connectivity index is 2.67. The highest BCUT2D eigenvalue weighted by Crippen LogP contribution is 2.39. The maximum atomic E-state index is 10.3. The molecule has 1 rings (SSSR count). The average molecular weight is 174 g/mol. The molecule has 1 unspecified atom stereocenters. The fourth-order valence-corrected chi connectivity index (χ4v) is 2.10. The average Bonchev–Trinajstić information content (AvgIpc) is 1.88. The molecule has 0 aromatic heterocycles. The SMILES string of the molecule is O=[PH](O)Sc1ccccc1. The van der Waals surface area contributed by atoms with Gasteiger partial charge in [-0.3, -0.25) is 4.57 Å². The lowest BCUT2D eigenvalue weighted by atomic mass is 10.4. The number of benzene rings is 1. The van der Waals surface area contributed by atoms with E-state index in [1.807, 2.05) is 30.3 Å². The van der Waals surface area contributed by atoms with E-state index < -0.39 is 7.23 Å². The van der Waals surface area contributed by atoms with Crippen LogP contribution in [0.1, 0.15) is 0 Å². The van der Waals surface area contributed by atoms with E-state index in [0.717, 1.165) is 16.3 Å². The normalized spacial score (nSPS) is 12.9. The van der Waals surface area contributed by atoms with Crippen LogP contribution in [-0.4, -0.2) is 4.89 Å². The predicted octanol–water partition coefficient (Wildman–Crippen LogP) is 2.16. The van der Waals surface area contributed by atoms with Crippen LogP contribution in [0.25, 0.3) is 0 Å². The lowest BCUT2D eigenvalue weighted by Gasteiger charge is -1.93. The van der Waals surface area contributed by atoms with Crippen LogP contribution in [-0.2, 0) is 4.57 Å². The van der Waals surface area contributed by atoms with Crippen molar-refractivity contribution in [3.05, 3.63) is 30.3 Å². The van der Waals surface area contributed by atoms with Gasteiger partial charge in [0.25, 0.3) is 0 Å². The zero-order valence-electron chi connectivity index (χ0n) is 5.15. The van der Waals surface area contributed by atoms with Gasteiger partial charge < -0.3 is 4.89 Å². The van der Waals surface area contributed by atoms with E-state index in [1.165, 1.54) is 0 Å². The second-order valence-electron chi connectivity index (χ2n) is 1.68. The molecule has 0 amide bonds. The lowest BCUT2D eigenvalue weighted by molar-refractivity contribution is 0.519. The van der Waals surface area contributed by atoms with E-state index in [-0.39, 0.29) is 0 Å². The molecule has 0 aliphatic carbocycles. The zero-order chi connectivity index (χ0) is 7.40.